The highest BCUT2D eigenvalue weighted by Crippen LogP contribution is 2.14. The predicted octanol–water partition coefficient (Wildman–Crippen LogP) is 5.24. The van der Waals surface area contributed by atoms with E-state index >= 15 is 0 Å². The summed E-state index contributed by atoms with van der Waals surface area (Å²) in [5.74, 6) is -3.69. The molecular weight excluding hydrogens is 532 g/mol. The fraction of sp³-hybridized carbons (Fsp3) is 0.800. The van der Waals surface area contributed by atoms with Crippen LogP contribution < -0.4 is 10.6 Å². The van der Waals surface area contributed by atoms with Crippen molar-refractivity contribution < 1.29 is 44.1 Å². The maximum absolute atomic E-state index is 12.2. The highest BCUT2D eigenvalue weighted by atomic mass is 16.4. The Labute approximate surface area is 245 Å². The quantitative estimate of drug-likeness (QED) is 0.0667. The average molecular weight is 587 g/mol. The van der Waals surface area contributed by atoms with Crippen molar-refractivity contribution in [3.63, 3.8) is 0 Å². The Morgan fingerprint density at radius 3 is 1.24 bits per heavy atom. The minimum Gasteiger partial charge on any atom is -0.483 e. The first-order valence-electron chi connectivity index (χ1n) is 15.2. The summed E-state index contributed by atoms with van der Waals surface area (Å²) in [6.45, 7) is 3.33. The van der Waals surface area contributed by atoms with Crippen molar-refractivity contribution in [1.82, 2.24) is 10.6 Å². The summed E-state index contributed by atoms with van der Waals surface area (Å²) in [7, 11) is 0. The molecule has 41 heavy (non-hydrogen) atoms. The number of carboxylic acid groups (broad SMARTS) is 3. The van der Waals surface area contributed by atoms with Gasteiger partial charge >= 0.3 is 11.9 Å². The van der Waals surface area contributed by atoms with Crippen molar-refractivity contribution in [2.24, 2.45) is 0 Å². The number of Topliss-reactive ketones (excluding diaryl/α,β-unsaturated/α-hetero) is 1. The van der Waals surface area contributed by atoms with E-state index in [-0.39, 0.29) is 50.3 Å². The van der Waals surface area contributed by atoms with Crippen LogP contribution >= 0.6 is 0 Å². The van der Waals surface area contributed by atoms with Crippen molar-refractivity contribution in [2.45, 2.75) is 154 Å². The van der Waals surface area contributed by atoms with Gasteiger partial charge in [-0.1, -0.05) is 96.8 Å². The smallest absolute Gasteiger partial charge is 0.326 e. The van der Waals surface area contributed by atoms with Gasteiger partial charge in [-0.05, 0) is 26.2 Å². The van der Waals surface area contributed by atoms with Crippen molar-refractivity contribution >= 4 is 36.0 Å². The molecule has 0 heterocycles. The lowest BCUT2D eigenvalue weighted by Crippen LogP contribution is -2.44. The van der Waals surface area contributed by atoms with Crippen LogP contribution in [0.2, 0.25) is 0 Å². The Balaban J connectivity index is 0. The van der Waals surface area contributed by atoms with Gasteiger partial charge in [0.25, 0.3) is 6.47 Å². The van der Waals surface area contributed by atoms with Gasteiger partial charge in [-0.15, -0.1) is 0 Å². The molecule has 0 radical (unpaired) electrons. The van der Waals surface area contributed by atoms with Gasteiger partial charge in [0, 0.05) is 19.3 Å². The van der Waals surface area contributed by atoms with E-state index in [0.29, 0.717) is 6.42 Å². The zero-order valence-electron chi connectivity index (χ0n) is 25.2. The lowest BCUT2D eigenvalue weighted by Gasteiger charge is -2.16. The monoisotopic (exact) mass is 586 g/mol. The second kappa shape index (κ2) is 28.5. The van der Waals surface area contributed by atoms with Gasteiger partial charge in [-0.3, -0.25) is 14.4 Å². The van der Waals surface area contributed by atoms with Gasteiger partial charge in [0.05, 0.1) is 0 Å². The minimum atomic E-state index is -1.26. The minimum absolute atomic E-state index is 0.0182. The Hall–Kier alpha value is -2.98. The first kappa shape index (κ1) is 40.2. The summed E-state index contributed by atoms with van der Waals surface area (Å²) in [5.41, 5.74) is 0. The van der Waals surface area contributed by atoms with Crippen molar-refractivity contribution in [3.05, 3.63) is 0 Å². The number of rotatable bonds is 26. The molecule has 0 aromatic heterocycles. The third-order valence-electron chi connectivity index (χ3n) is 6.72. The topological polar surface area (TPSA) is 187 Å². The standard InChI is InChI=1S/C29H52N2O7.CH2O2/c1-3-4-5-6-7-8-9-10-11-12-13-14-15-16-17-18-26(33)30-25(29(37)38)21-22-27(34)31-24(28(35)36)20-19-23(2)32;2-1-3/h24-25H,3-22H2,1-2H3,(H,30,33)(H,31,34)(H,35,36)(H,37,38);1H,(H,2,3)/t24-,25?;/m0./s1. The molecule has 0 aliphatic carbocycles. The highest BCUT2D eigenvalue weighted by Gasteiger charge is 2.24. The first-order valence-corrected chi connectivity index (χ1v) is 15.2. The summed E-state index contributed by atoms with van der Waals surface area (Å²) in [6.07, 6.45) is 18.2. The van der Waals surface area contributed by atoms with Gasteiger partial charge < -0.3 is 30.7 Å². The molecule has 0 aliphatic heterocycles. The molecule has 2 atom stereocenters. The van der Waals surface area contributed by atoms with Crippen LogP contribution in [0, 0.1) is 0 Å². The molecule has 5 N–H and O–H groups in total. The van der Waals surface area contributed by atoms with E-state index in [0.717, 1.165) is 19.3 Å². The molecule has 0 fully saturated rings. The Bertz CT molecular complexity index is 743. The van der Waals surface area contributed by atoms with Crippen molar-refractivity contribution in [2.75, 3.05) is 0 Å². The maximum atomic E-state index is 12.2. The summed E-state index contributed by atoms with van der Waals surface area (Å²) >= 11 is 0. The number of amides is 2. The maximum Gasteiger partial charge on any atom is 0.326 e. The number of aliphatic carboxylic acids is 2. The number of ketones is 1. The normalized spacial score (nSPS) is 11.9. The summed E-state index contributed by atoms with van der Waals surface area (Å²) in [6, 6.07) is -2.43. The summed E-state index contributed by atoms with van der Waals surface area (Å²) in [5, 5.41) is 30.2. The van der Waals surface area contributed by atoms with E-state index in [2.05, 4.69) is 17.6 Å². The highest BCUT2D eigenvalue weighted by molar-refractivity contribution is 5.86. The Morgan fingerprint density at radius 2 is 0.902 bits per heavy atom. The molecule has 238 valence electrons. The summed E-state index contributed by atoms with van der Waals surface area (Å²) < 4.78 is 0. The van der Waals surface area contributed by atoms with E-state index in [1.54, 1.807) is 0 Å². The van der Waals surface area contributed by atoms with Crippen LogP contribution in [0.5, 0.6) is 0 Å². The molecule has 2 amide bonds. The zero-order chi connectivity index (χ0) is 31.3. The van der Waals surface area contributed by atoms with Gasteiger partial charge in [0.2, 0.25) is 11.8 Å². The van der Waals surface area contributed by atoms with E-state index in [9.17, 15) is 34.2 Å². The number of hydrogen-bond donors (Lipinski definition) is 5. The molecule has 0 aromatic rings. The molecular formula is C30H54N2O9. The van der Waals surface area contributed by atoms with Gasteiger partial charge in [-0.25, -0.2) is 9.59 Å². The van der Waals surface area contributed by atoms with Crippen LogP contribution in [0.3, 0.4) is 0 Å². The Kier molecular flexibility index (Phi) is 28.0. The lowest BCUT2D eigenvalue weighted by atomic mass is 10.0. The number of carbonyl (C=O) groups excluding carboxylic acids is 3. The predicted molar refractivity (Wildman–Crippen MR) is 157 cm³/mol. The average Bonchev–Trinajstić information content (AvgIpc) is 2.91. The molecule has 11 nitrogen and oxygen atoms in total. The van der Waals surface area contributed by atoms with Crippen LogP contribution in [0.15, 0.2) is 0 Å². The van der Waals surface area contributed by atoms with E-state index in [1.807, 2.05) is 0 Å². The van der Waals surface area contributed by atoms with Crippen molar-refractivity contribution in [3.8, 4) is 0 Å². The SMILES string of the molecule is CCCCCCCCCCCCCCCCCC(=O)NC(CCC(=O)N[C@@H](CCC(C)=O)C(=O)O)C(=O)O.O=CO. The number of hydrogen-bond acceptors (Lipinski definition) is 6. The molecule has 0 aliphatic rings. The van der Waals surface area contributed by atoms with Gasteiger partial charge in [0.15, 0.2) is 0 Å². The fourth-order valence-electron chi connectivity index (χ4n) is 4.33. The van der Waals surface area contributed by atoms with Crippen LogP contribution in [0.4, 0.5) is 0 Å². The second-order valence-electron chi connectivity index (χ2n) is 10.5. The number of carbonyl (C=O) groups is 6. The van der Waals surface area contributed by atoms with Crippen molar-refractivity contribution in [1.29, 1.82) is 0 Å². The van der Waals surface area contributed by atoms with E-state index in [1.165, 1.54) is 77.6 Å². The molecule has 11 heteroatoms. The van der Waals surface area contributed by atoms with Crippen LogP contribution in [-0.4, -0.2) is 63.4 Å². The zero-order valence-corrected chi connectivity index (χ0v) is 25.2. The fourth-order valence-corrected chi connectivity index (χ4v) is 4.33. The summed E-state index contributed by atoms with van der Waals surface area (Å²) in [4.78, 5) is 66.4. The van der Waals surface area contributed by atoms with Gasteiger partial charge in [-0.2, -0.15) is 0 Å². The molecule has 0 bridgehead atoms. The molecule has 0 saturated heterocycles. The largest absolute Gasteiger partial charge is 0.483 e. The molecule has 0 saturated carbocycles. The number of unbranched alkanes of at least 4 members (excludes halogenated alkanes) is 14. The molecule has 0 rings (SSSR count). The van der Waals surface area contributed by atoms with Crippen LogP contribution in [-0.2, 0) is 28.8 Å². The number of carboxylic acids is 2. The second-order valence-corrected chi connectivity index (χ2v) is 10.5. The molecule has 0 aromatic carbocycles. The molecule has 1 unspecified atom stereocenters. The first-order chi connectivity index (χ1) is 19.6. The third kappa shape index (κ3) is 28.3. The van der Waals surface area contributed by atoms with Crippen LogP contribution in [0.1, 0.15) is 142 Å². The van der Waals surface area contributed by atoms with E-state index in [4.69, 9.17) is 9.90 Å². The lowest BCUT2D eigenvalue weighted by molar-refractivity contribution is -0.143. The van der Waals surface area contributed by atoms with Crippen LogP contribution in [0.25, 0.3) is 0 Å². The number of nitrogens with one attached hydrogen (secondary N) is 2. The third-order valence-corrected chi connectivity index (χ3v) is 6.72. The molecule has 0 spiro atoms. The van der Waals surface area contributed by atoms with Gasteiger partial charge in [0.1, 0.15) is 17.9 Å². The Morgan fingerprint density at radius 1 is 0.585 bits per heavy atom. The van der Waals surface area contributed by atoms with E-state index < -0.39 is 29.9 Å².